The van der Waals surface area contributed by atoms with Gasteiger partial charge in [0.2, 0.25) is 11.7 Å². The van der Waals surface area contributed by atoms with Crippen LogP contribution in [-0.2, 0) is 4.79 Å². The minimum atomic E-state index is -0.106. The van der Waals surface area contributed by atoms with Gasteiger partial charge >= 0.3 is 0 Å². The molecule has 2 aromatic carbocycles. The second kappa shape index (κ2) is 12.7. The molecule has 0 radical (unpaired) electrons. The van der Waals surface area contributed by atoms with Crippen LogP contribution in [0.25, 0.3) is 5.57 Å². The number of benzene rings is 2. The number of nitrogens with two attached hydrogens (primary N) is 1. The molecule has 2 rings (SSSR count). The molecular formula is C23H31ClN2O5. The van der Waals surface area contributed by atoms with Crippen LogP contribution < -0.4 is 30.0 Å². The predicted molar refractivity (Wildman–Crippen MR) is 126 cm³/mol. The smallest absolute Gasteiger partial charge is 0.224 e. The summed E-state index contributed by atoms with van der Waals surface area (Å²) in [6.45, 7) is 2.41. The van der Waals surface area contributed by atoms with E-state index in [1.807, 2.05) is 43.3 Å². The molecule has 0 aliphatic heterocycles. The highest BCUT2D eigenvalue weighted by Crippen LogP contribution is 2.41. The Kier molecular flexibility index (Phi) is 10.7. The minimum Gasteiger partial charge on any atom is -0.495 e. The molecule has 31 heavy (non-hydrogen) atoms. The van der Waals surface area contributed by atoms with Gasteiger partial charge in [0.25, 0.3) is 0 Å². The molecule has 170 valence electrons. The lowest BCUT2D eigenvalue weighted by molar-refractivity contribution is -0.116. The lowest BCUT2D eigenvalue weighted by Gasteiger charge is -2.17. The number of allylic oxidation sites excluding steroid dienone is 1. The molecule has 8 heteroatoms. The van der Waals surface area contributed by atoms with Gasteiger partial charge in [-0.1, -0.05) is 12.1 Å². The van der Waals surface area contributed by atoms with E-state index in [9.17, 15) is 4.79 Å². The Morgan fingerprint density at radius 2 is 1.55 bits per heavy atom. The van der Waals surface area contributed by atoms with Gasteiger partial charge in [-0.3, -0.25) is 4.79 Å². The number of nitrogens with one attached hydrogen (secondary N) is 1. The summed E-state index contributed by atoms with van der Waals surface area (Å²) in [7, 11) is 6.30. The van der Waals surface area contributed by atoms with E-state index in [4.69, 9.17) is 24.7 Å². The van der Waals surface area contributed by atoms with Crippen molar-refractivity contribution in [2.24, 2.45) is 5.73 Å². The van der Waals surface area contributed by atoms with E-state index in [0.717, 1.165) is 16.7 Å². The maximum absolute atomic E-state index is 12.2. The molecule has 0 bridgehead atoms. The summed E-state index contributed by atoms with van der Waals surface area (Å²) in [6.07, 6.45) is 2.97. The van der Waals surface area contributed by atoms with Crippen LogP contribution in [0.15, 0.2) is 36.4 Å². The molecule has 0 aromatic heterocycles. The van der Waals surface area contributed by atoms with Gasteiger partial charge in [-0.05, 0) is 60.9 Å². The molecule has 0 saturated carbocycles. The minimum absolute atomic E-state index is 0. The Balaban J connectivity index is 0.00000480. The number of amides is 1. The normalized spacial score (nSPS) is 10.7. The fourth-order valence-corrected chi connectivity index (χ4v) is 3.19. The number of carbonyl (C=O) groups excluding carboxylic acids is 1. The molecular weight excluding hydrogens is 420 g/mol. The summed E-state index contributed by atoms with van der Waals surface area (Å²) in [5.74, 6) is 2.14. The average Bonchev–Trinajstić information content (AvgIpc) is 2.77. The maximum Gasteiger partial charge on any atom is 0.224 e. The molecule has 2 aromatic rings. The summed E-state index contributed by atoms with van der Waals surface area (Å²) in [6, 6.07) is 9.43. The third kappa shape index (κ3) is 6.29. The first-order chi connectivity index (χ1) is 14.5. The van der Waals surface area contributed by atoms with E-state index in [1.54, 1.807) is 28.4 Å². The third-order valence-corrected chi connectivity index (χ3v) is 4.66. The molecule has 7 nitrogen and oxygen atoms in total. The lowest BCUT2D eigenvalue weighted by Crippen LogP contribution is -2.14. The number of hydrogen-bond donors (Lipinski definition) is 2. The summed E-state index contributed by atoms with van der Waals surface area (Å²) < 4.78 is 21.8. The first-order valence-corrected chi connectivity index (χ1v) is 9.67. The van der Waals surface area contributed by atoms with Gasteiger partial charge in [-0.2, -0.15) is 0 Å². The van der Waals surface area contributed by atoms with Crippen LogP contribution in [0, 0.1) is 0 Å². The highest BCUT2D eigenvalue weighted by Gasteiger charge is 2.17. The molecule has 0 saturated heterocycles. The first-order valence-electron chi connectivity index (χ1n) is 9.67. The van der Waals surface area contributed by atoms with Crippen molar-refractivity contribution >= 4 is 29.6 Å². The summed E-state index contributed by atoms with van der Waals surface area (Å²) in [4.78, 5) is 12.2. The van der Waals surface area contributed by atoms with Crippen LogP contribution in [0.4, 0.5) is 5.69 Å². The Morgan fingerprint density at radius 1 is 0.935 bits per heavy atom. The molecule has 0 heterocycles. The van der Waals surface area contributed by atoms with Gasteiger partial charge in [-0.15, -0.1) is 12.4 Å². The van der Waals surface area contributed by atoms with Crippen molar-refractivity contribution in [1.82, 2.24) is 0 Å². The lowest BCUT2D eigenvalue weighted by atomic mass is 9.96. The largest absolute Gasteiger partial charge is 0.495 e. The van der Waals surface area contributed by atoms with Crippen molar-refractivity contribution in [3.05, 3.63) is 47.5 Å². The molecule has 0 spiro atoms. The van der Waals surface area contributed by atoms with E-state index >= 15 is 0 Å². The first kappa shape index (κ1) is 26.1. The van der Waals surface area contributed by atoms with Crippen LogP contribution >= 0.6 is 12.4 Å². The van der Waals surface area contributed by atoms with Crippen LogP contribution in [-0.4, -0.2) is 40.9 Å². The quantitative estimate of drug-likeness (QED) is 0.561. The van der Waals surface area contributed by atoms with Crippen molar-refractivity contribution in [3.63, 3.8) is 0 Å². The molecule has 1 amide bonds. The van der Waals surface area contributed by atoms with E-state index in [2.05, 4.69) is 5.32 Å². The molecule has 0 aliphatic rings. The number of methoxy groups -OCH3 is 4. The van der Waals surface area contributed by atoms with Gasteiger partial charge in [0, 0.05) is 6.42 Å². The van der Waals surface area contributed by atoms with Gasteiger partial charge in [-0.25, -0.2) is 0 Å². The highest BCUT2D eigenvalue weighted by atomic mass is 35.5. The molecule has 0 aliphatic carbocycles. The summed E-state index contributed by atoms with van der Waals surface area (Å²) in [5, 5.41) is 2.91. The topological polar surface area (TPSA) is 92.0 Å². The second-order valence-electron chi connectivity index (χ2n) is 6.47. The van der Waals surface area contributed by atoms with E-state index in [0.29, 0.717) is 48.1 Å². The summed E-state index contributed by atoms with van der Waals surface area (Å²) in [5.41, 5.74) is 8.83. The van der Waals surface area contributed by atoms with Crippen LogP contribution in [0.3, 0.4) is 0 Å². The van der Waals surface area contributed by atoms with E-state index < -0.39 is 0 Å². The number of carbonyl (C=O) groups is 1. The van der Waals surface area contributed by atoms with Crippen LogP contribution in [0.1, 0.15) is 30.9 Å². The third-order valence-electron chi connectivity index (χ3n) is 4.66. The number of halogens is 1. The zero-order valence-corrected chi connectivity index (χ0v) is 19.4. The molecule has 0 unspecified atom stereocenters. The SMILES string of the molecule is C/C=C(\c1ccc(OC)c(NC(=O)CCCN)c1)c1cc(OC)c(OC)c(OC)c1.Cl. The Morgan fingerprint density at radius 3 is 2.03 bits per heavy atom. The number of hydrogen-bond acceptors (Lipinski definition) is 6. The summed E-state index contributed by atoms with van der Waals surface area (Å²) >= 11 is 0. The van der Waals surface area contributed by atoms with Crippen LogP contribution in [0.5, 0.6) is 23.0 Å². The number of anilines is 1. The van der Waals surface area contributed by atoms with Crippen molar-refractivity contribution in [1.29, 1.82) is 0 Å². The van der Waals surface area contributed by atoms with Crippen LogP contribution in [0.2, 0.25) is 0 Å². The van der Waals surface area contributed by atoms with Gasteiger partial charge < -0.3 is 30.0 Å². The van der Waals surface area contributed by atoms with Crippen molar-refractivity contribution < 1.29 is 23.7 Å². The van der Waals surface area contributed by atoms with Gasteiger partial charge in [0.05, 0.1) is 34.1 Å². The van der Waals surface area contributed by atoms with Gasteiger partial charge in [0.1, 0.15) is 5.75 Å². The molecule has 0 atom stereocenters. The second-order valence-corrected chi connectivity index (χ2v) is 6.47. The molecule has 0 fully saturated rings. The maximum atomic E-state index is 12.2. The van der Waals surface area contributed by atoms with E-state index in [1.165, 1.54) is 0 Å². The van der Waals surface area contributed by atoms with Crippen molar-refractivity contribution in [2.45, 2.75) is 19.8 Å². The standard InChI is InChI=1S/C23H30N2O5.ClH/c1-6-17(16-13-20(28-3)23(30-5)21(14-16)29-4)15-9-10-19(27-2)18(12-15)25-22(26)8-7-11-24;/h6,9-10,12-14H,7-8,11,24H2,1-5H3,(H,25,26);1H/b17-6+;. The molecule has 3 N–H and O–H groups in total. The highest BCUT2D eigenvalue weighted by molar-refractivity contribution is 5.93. The monoisotopic (exact) mass is 450 g/mol. The van der Waals surface area contributed by atoms with Crippen molar-refractivity contribution in [3.8, 4) is 23.0 Å². The fourth-order valence-electron chi connectivity index (χ4n) is 3.19. The Hall–Kier alpha value is -2.90. The predicted octanol–water partition coefficient (Wildman–Crippen LogP) is 4.27. The fraction of sp³-hybridized carbons (Fsp3) is 0.348. The zero-order chi connectivity index (χ0) is 22.1. The zero-order valence-electron chi connectivity index (χ0n) is 18.6. The van der Waals surface area contributed by atoms with Gasteiger partial charge in [0.15, 0.2) is 11.5 Å². The average molecular weight is 451 g/mol. The Bertz CT molecular complexity index is 890. The number of ether oxygens (including phenoxy) is 4. The Labute approximate surface area is 189 Å². The van der Waals surface area contributed by atoms with E-state index in [-0.39, 0.29) is 18.3 Å². The number of rotatable bonds is 10. The van der Waals surface area contributed by atoms with Crippen molar-refractivity contribution in [2.75, 3.05) is 40.3 Å².